The van der Waals surface area contributed by atoms with Crippen LogP contribution < -0.4 is 10.6 Å². The van der Waals surface area contributed by atoms with E-state index in [1.165, 1.54) is 10.5 Å². The van der Waals surface area contributed by atoms with E-state index in [2.05, 4.69) is 41.2 Å². The zero-order valence-electron chi connectivity index (χ0n) is 10.0. The fourth-order valence-corrected chi connectivity index (χ4v) is 2.37. The summed E-state index contributed by atoms with van der Waals surface area (Å²) in [7, 11) is 0. The van der Waals surface area contributed by atoms with E-state index in [0.29, 0.717) is 12.5 Å². The van der Waals surface area contributed by atoms with Crippen LogP contribution >= 0.6 is 11.8 Å². The molecule has 1 atom stereocenters. The number of nitrogens with one attached hydrogen (secondary N) is 2. The highest BCUT2D eigenvalue weighted by atomic mass is 32.2. The van der Waals surface area contributed by atoms with Crippen LogP contribution in [-0.4, -0.2) is 24.7 Å². The summed E-state index contributed by atoms with van der Waals surface area (Å²) < 4.78 is 0. The van der Waals surface area contributed by atoms with E-state index in [-0.39, 0.29) is 5.91 Å². The molecule has 1 aromatic rings. The number of carbonyl (C=O) groups is 1. The van der Waals surface area contributed by atoms with Crippen molar-refractivity contribution in [2.24, 2.45) is 0 Å². The van der Waals surface area contributed by atoms with E-state index < -0.39 is 0 Å². The lowest BCUT2D eigenvalue weighted by Crippen LogP contribution is -2.35. The van der Waals surface area contributed by atoms with Crippen LogP contribution in [0.4, 0.5) is 0 Å². The second-order valence-corrected chi connectivity index (χ2v) is 5.16. The van der Waals surface area contributed by atoms with Gasteiger partial charge in [0.2, 0.25) is 5.91 Å². The normalized spacial score (nSPS) is 19.4. The van der Waals surface area contributed by atoms with Crippen LogP contribution in [0.2, 0.25) is 0 Å². The molecule has 1 amide bonds. The maximum atomic E-state index is 11.0. The molecule has 3 nitrogen and oxygen atoms in total. The summed E-state index contributed by atoms with van der Waals surface area (Å²) in [4.78, 5) is 12.3. The summed E-state index contributed by atoms with van der Waals surface area (Å²) in [6.45, 7) is 1.72. The summed E-state index contributed by atoms with van der Waals surface area (Å²) in [6.07, 6.45) is 3.71. The summed E-state index contributed by atoms with van der Waals surface area (Å²) >= 11 is 1.75. The summed E-state index contributed by atoms with van der Waals surface area (Å²) in [5, 5.41) is 6.33. The van der Waals surface area contributed by atoms with Crippen molar-refractivity contribution in [2.75, 3.05) is 12.8 Å². The quantitative estimate of drug-likeness (QED) is 0.783. The minimum Gasteiger partial charge on any atom is -0.352 e. The Bertz CT molecular complexity index is 378. The third-order valence-electron chi connectivity index (χ3n) is 2.96. The van der Waals surface area contributed by atoms with Crippen molar-refractivity contribution < 1.29 is 4.79 Å². The van der Waals surface area contributed by atoms with Crippen molar-refractivity contribution in [2.45, 2.75) is 30.3 Å². The maximum absolute atomic E-state index is 11.0. The molecule has 1 fully saturated rings. The molecule has 0 aliphatic carbocycles. The lowest BCUT2D eigenvalue weighted by Gasteiger charge is -2.11. The molecular formula is C13H18N2OS. The Balaban J connectivity index is 1.72. The topological polar surface area (TPSA) is 41.1 Å². The van der Waals surface area contributed by atoms with Crippen LogP contribution in [0, 0.1) is 0 Å². The van der Waals surface area contributed by atoms with Crippen molar-refractivity contribution in [1.29, 1.82) is 0 Å². The van der Waals surface area contributed by atoms with Gasteiger partial charge in [-0.3, -0.25) is 4.79 Å². The molecule has 0 spiro atoms. The first-order valence-electron chi connectivity index (χ1n) is 5.91. The predicted octanol–water partition coefficient (Wildman–Crippen LogP) is 1.78. The van der Waals surface area contributed by atoms with Gasteiger partial charge in [0.05, 0.1) is 0 Å². The third-order valence-corrected chi connectivity index (χ3v) is 3.71. The van der Waals surface area contributed by atoms with E-state index in [1.807, 2.05) is 0 Å². The second-order valence-electron chi connectivity index (χ2n) is 4.28. The second kappa shape index (κ2) is 6.07. The molecule has 1 unspecified atom stereocenters. The highest BCUT2D eigenvalue weighted by Gasteiger charge is 2.19. The van der Waals surface area contributed by atoms with Gasteiger partial charge in [-0.1, -0.05) is 12.1 Å². The number of carbonyl (C=O) groups excluding carboxylic acids is 1. The Morgan fingerprint density at radius 2 is 2.18 bits per heavy atom. The minimum absolute atomic E-state index is 0.182. The van der Waals surface area contributed by atoms with Crippen LogP contribution in [0.1, 0.15) is 18.4 Å². The van der Waals surface area contributed by atoms with Gasteiger partial charge in [0.1, 0.15) is 0 Å². The van der Waals surface area contributed by atoms with E-state index in [9.17, 15) is 4.79 Å². The van der Waals surface area contributed by atoms with Gasteiger partial charge < -0.3 is 10.6 Å². The molecule has 2 rings (SSSR count). The zero-order chi connectivity index (χ0) is 12.1. The summed E-state index contributed by atoms with van der Waals surface area (Å²) in [5.74, 6) is 0.182. The first-order valence-corrected chi connectivity index (χ1v) is 7.13. The first kappa shape index (κ1) is 12.5. The van der Waals surface area contributed by atoms with Gasteiger partial charge >= 0.3 is 0 Å². The van der Waals surface area contributed by atoms with Crippen molar-refractivity contribution in [3.05, 3.63) is 29.8 Å². The minimum atomic E-state index is 0.182. The third kappa shape index (κ3) is 3.75. The lowest BCUT2D eigenvalue weighted by atomic mass is 10.2. The van der Waals surface area contributed by atoms with Crippen LogP contribution in [0.3, 0.4) is 0 Å². The fraction of sp³-hybridized carbons (Fsp3) is 0.462. The number of amides is 1. The van der Waals surface area contributed by atoms with Gasteiger partial charge in [-0.2, -0.15) is 0 Å². The molecule has 1 aliphatic rings. The Hall–Kier alpha value is -1.00. The average molecular weight is 250 g/mol. The molecule has 0 aromatic heterocycles. The fourth-order valence-electron chi connectivity index (χ4n) is 1.96. The van der Waals surface area contributed by atoms with Crippen LogP contribution in [0.15, 0.2) is 29.2 Å². The largest absolute Gasteiger partial charge is 0.352 e. The average Bonchev–Trinajstić information content (AvgIpc) is 2.76. The molecule has 4 heteroatoms. The van der Waals surface area contributed by atoms with Gasteiger partial charge in [0.15, 0.2) is 0 Å². The number of hydrogen-bond acceptors (Lipinski definition) is 3. The Morgan fingerprint density at radius 3 is 2.76 bits per heavy atom. The zero-order valence-corrected chi connectivity index (χ0v) is 10.8. The van der Waals surface area contributed by atoms with Crippen LogP contribution in [0.25, 0.3) is 0 Å². The molecule has 2 N–H and O–H groups in total. The van der Waals surface area contributed by atoms with Gasteiger partial charge in [-0.25, -0.2) is 0 Å². The molecule has 0 radical (unpaired) electrons. The SMILES string of the molecule is CSc1ccc(CNCC2CCC(=O)N2)cc1. The van der Waals surface area contributed by atoms with E-state index in [1.54, 1.807) is 11.8 Å². The Labute approximate surface area is 106 Å². The predicted molar refractivity (Wildman–Crippen MR) is 71.1 cm³/mol. The molecule has 1 saturated heterocycles. The molecule has 0 saturated carbocycles. The molecule has 1 aromatic carbocycles. The smallest absolute Gasteiger partial charge is 0.220 e. The van der Waals surface area contributed by atoms with Gasteiger partial charge in [-0.15, -0.1) is 11.8 Å². The van der Waals surface area contributed by atoms with E-state index in [0.717, 1.165) is 19.5 Å². The summed E-state index contributed by atoms with van der Waals surface area (Å²) in [5.41, 5.74) is 1.28. The number of benzene rings is 1. The number of thioether (sulfide) groups is 1. The van der Waals surface area contributed by atoms with Crippen LogP contribution in [-0.2, 0) is 11.3 Å². The molecular weight excluding hydrogens is 232 g/mol. The molecule has 17 heavy (non-hydrogen) atoms. The standard InChI is InChI=1S/C13H18N2OS/c1-17-12-5-2-10(3-6-12)8-14-9-11-4-7-13(16)15-11/h2-3,5-6,11,14H,4,7-9H2,1H3,(H,15,16). The van der Waals surface area contributed by atoms with Crippen molar-refractivity contribution >= 4 is 17.7 Å². The van der Waals surface area contributed by atoms with Gasteiger partial charge in [0, 0.05) is 30.4 Å². The number of rotatable bonds is 5. The molecule has 92 valence electrons. The van der Waals surface area contributed by atoms with Gasteiger partial charge in [-0.05, 0) is 30.4 Å². The van der Waals surface area contributed by atoms with E-state index >= 15 is 0 Å². The van der Waals surface area contributed by atoms with E-state index in [4.69, 9.17) is 0 Å². The Morgan fingerprint density at radius 1 is 1.41 bits per heavy atom. The monoisotopic (exact) mass is 250 g/mol. The summed E-state index contributed by atoms with van der Waals surface area (Å²) in [6, 6.07) is 8.88. The molecule has 0 bridgehead atoms. The highest BCUT2D eigenvalue weighted by molar-refractivity contribution is 7.98. The van der Waals surface area contributed by atoms with Crippen molar-refractivity contribution in [3.8, 4) is 0 Å². The first-order chi connectivity index (χ1) is 8.28. The lowest BCUT2D eigenvalue weighted by molar-refractivity contribution is -0.119. The maximum Gasteiger partial charge on any atom is 0.220 e. The van der Waals surface area contributed by atoms with Crippen molar-refractivity contribution in [3.63, 3.8) is 0 Å². The highest BCUT2D eigenvalue weighted by Crippen LogP contribution is 2.14. The van der Waals surface area contributed by atoms with Crippen molar-refractivity contribution in [1.82, 2.24) is 10.6 Å². The Kier molecular flexibility index (Phi) is 4.45. The van der Waals surface area contributed by atoms with Gasteiger partial charge in [0.25, 0.3) is 0 Å². The molecule has 1 heterocycles. The van der Waals surface area contributed by atoms with Crippen LogP contribution in [0.5, 0.6) is 0 Å². The molecule has 1 aliphatic heterocycles. The number of hydrogen-bond donors (Lipinski definition) is 2.